The number of benzene rings is 1. The lowest BCUT2D eigenvalue weighted by atomic mass is 9.95. The molecule has 2 nitrogen and oxygen atoms in total. The molecule has 0 spiro atoms. The van der Waals surface area contributed by atoms with Gasteiger partial charge in [-0.15, -0.1) is 0 Å². The first kappa shape index (κ1) is 14.1. The largest absolute Gasteiger partial charge is 0.348 e. The van der Waals surface area contributed by atoms with Gasteiger partial charge in [-0.25, -0.2) is 0 Å². The molecule has 1 saturated carbocycles. The minimum absolute atomic E-state index is 0.0383. The highest BCUT2D eigenvalue weighted by Gasteiger charge is 2.24. The Bertz CT molecular complexity index is 447. The number of halogens is 2. The van der Waals surface area contributed by atoms with Gasteiger partial charge in [0.1, 0.15) is 0 Å². The maximum Gasteiger partial charge on any atom is 0.251 e. The molecule has 1 aromatic carbocycles. The summed E-state index contributed by atoms with van der Waals surface area (Å²) in [5.74, 6) is 0.0383. The molecule has 1 aliphatic rings. The van der Waals surface area contributed by atoms with Crippen LogP contribution in [0, 0.1) is 6.92 Å². The third-order valence-corrected chi connectivity index (χ3v) is 5.02. The van der Waals surface area contributed by atoms with Crippen LogP contribution in [0.3, 0.4) is 0 Å². The lowest BCUT2D eigenvalue weighted by Crippen LogP contribution is -2.42. The van der Waals surface area contributed by atoms with Crippen molar-refractivity contribution in [2.75, 3.05) is 0 Å². The van der Waals surface area contributed by atoms with Crippen molar-refractivity contribution in [2.24, 2.45) is 0 Å². The van der Waals surface area contributed by atoms with E-state index in [4.69, 9.17) is 0 Å². The van der Waals surface area contributed by atoms with Gasteiger partial charge in [-0.3, -0.25) is 4.79 Å². The van der Waals surface area contributed by atoms with Crippen LogP contribution in [0.5, 0.6) is 0 Å². The van der Waals surface area contributed by atoms with Gasteiger partial charge >= 0.3 is 0 Å². The van der Waals surface area contributed by atoms with Crippen LogP contribution >= 0.6 is 31.9 Å². The molecule has 2 atom stereocenters. The van der Waals surface area contributed by atoms with Gasteiger partial charge in [-0.2, -0.15) is 0 Å². The molecule has 2 unspecified atom stereocenters. The van der Waals surface area contributed by atoms with Gasteiger partial charge < -0.3 is 5.32 Å². The van der Waals surface area contributed by atoms with Crippen molar-refractivity contribution in [3.05, 3.63) is 33.8 Å². The summed E-state index contributed by atoms with van der Waals surface area (Å²) < 4.78 is 1.01. The summed E-state index contributed by atoms with van der Waals surface area (Å²) in [6.07, 6.45) is 4.66. The van der Waals surface area contributed by atoms with Gasteiger partial charge in [0.05, 0.1) is 0 Å². The molecule has 98 valence electrons. The number of alkyl halides is 1. The number of nitrogens with one attached hydrogen (secondary N) is 1. The van der Waals surface area contributed by atoms with Crippen LogP contribution in [0.2, 0.25) is 0 Å². The van der Waals surface area contributed by atoms with E-state index in [0.29, 0.717) is 4.83 Å². The number of amides is 1. The zero-order valence-corrected chi connectivity index (χ0v) is 13.6. The van der Waals surface area contributed by atoms with Crippen LogP contribution in [0.15, 0.2) is 22.7 Å². The third kappa shape index (κ3) is 3.35. The molecule has 0 aliphatic heterocycles. The zero-order valence-electron chi connectivity index (χ0n) is 10.4. The summed E-state index contributed by atoms with van der Waals surface area (Å²) in [5.41, 5.74) is 1.77. The standard InChI is InChI=1S/C14H17Br2NO/c1-9-8-10(15)6-7-11(9)14(18)17-13-5-3-2-4-12(13)16/h6-8,12-13H,2-5H2,1H3,(H,17,18). The highest BCUT2D eigenvalue weighted by Crippen LogP contribution is 2.25. The topological polar surface area (TPSA) is 29.1 Å². The van der Waals surface area contributed by atoms with Crippen molar-refractivity contribution in [1.29, 1.82) is 0 Å². The average molecular weight is 375 g/mol. The normalized spacial score (nSPS) is 23.7. The molecule has 0 saturated heterocycles. The van der Waals surface area contributed by atoms with E-state index in [-0.39, 0.29) is 11.9 Å². The molecular formula is C14H17Br2NO. The van der Waals surface area contributed by atoms with Crippen molar-refractivity contribution in [2.45, 2.75) is 43.5 Å². The first-order valence-corrected chi connectivity index (χ1v) is 8.00. The van der Waals surface area contributed by atoms with Gasteiger partial charge in [-0.05, 0) is 43.5 Å². The van der Waals surface area contributed by atoms with E-state index in [0.717, 1.165) is 28.4 Å². The predicted molar refractivity (Wildman–Crippen MR) is 81.3 cm³/mol. The van der Waals surface area contributed by atoms with Crippen LogP contribution < -0.4 is 5.32 Å². The predicted octanol–water partition coefficient (Wildman–Crippen LogP) is 4.19. The molecule has 18 heavy (non-hydrogen) atoms. The molecule has 4 heteroatoms. The van der Waals surface area contributed by atoms with Gasteiger partial charge in [0, 0.05) is 20.9 Å². The summed E-state index contributed by atoms with van der Waals surface area (Å²) in [5, 5.41) is 3.14. The zero-order chi connectivity index (χ0) is 13.1. The maximum atomic E-state index is 12.2. The molecule has 1 fully saturated rings. The average Bonchev–Trinajstić information content (AvgIpc) is 2.32. The molecule has 0 aromatic heterocycles. The van der Waals surface area contributed by atoms with Crippen molar-refractivity contribution in [3.8, 4) is 0 Å². The fraction of sp³-hybridized carbons (Fsp3) is 0.500. The Kier molecular flexibility index (Phi) is 4.84. The van der Waals surface area contributed by atoms with Gasteiger partial charge in [0.2, 0.25) is 0 Å². The van der Waals surface area contributed by atoms with Crippen molar-refractivity contribution in [3.63, 3.8) is 0 Å². The molecule has 0 heterocycles. The van der Waals surface area contributed by atoms with Crippen LogP contribution in [0.4, 0.5) is 0 Å². The summed E-state index contributed by atoms with van der Waals surface area (Å²) in [4.78, 5) is 12.7. The van der Waals surface area contributed by atoms with Gasteiger partial charge in [-0.1, -0.05) is 44.7 Å². The van der Waals surface area contributed by atoms with Gasteiger partial charge in [0.25, 0.3) is 5.91 Å². The van der Waals surface area contributed by atoms with E-state index in [2.05, 4.69) is 37.2 Å². The number of hydrogen-bond donors (Lipinski definition) is 1. The Labute approximate surface area is 125 Å². The second-order valence-electron chi connectivity index (χ2n) is 4.84. The number of carbonyl (C=O) groups is 1. The number of hydrogen-bond acceptors (Lipinski definition) is 1. The summed E-state index contributed by atoms with van der Waals surface area (Å²) in [6.45, 7) is 1.96. The number of rotatable bonds is 2. The van der Waals surface area contributed by atoms with Crippen LogP contribution in [0.1, 0.15) is 41.6 Å². The van der Waals surface area contributed by atoms with E-state index in [9.17, 15) is 4.79 Å². The van der Waals surface area contributed by atoms with Crippen LogP contribution in [-0.2, 0) is 0 Å². The molecular weight excluding hydrogens is 358 g/mol. The Morgan fingerprint density at radius 2 is 2.06 bits per heavy atom. The van der Waals surface area contributed by atoms with E-state index in [1.165, 1.54) is 12.8 Å². The molecule has 1 aliphatic carbocycles. The van der Waals surface area contributed by atoms with Crippen LogP contribution in [-0.4, -0.2) is 16.8 Å². The van der Waals surface area contributed by atoms with E-state index < -0.39 is 0 Å². The minimum Gasteiger partial charge on any atom is -0.348 e. The SMILES string of the molecule is Cc1cc(Br)ccc1C(=O)NC1CCCCC1Br. The Morgan fingerprint density at radius 1 is 1.33 bits per heavy atom. The van der Waals surface area contributed by atoms with E-state index in [1.54, 1.807) is 0 Å². The highest BCUT2D eigenvalue weighted by molar-refractivity contribution is 9.10. The summed E-state index contributed by atoms with van der Waals surface area (Å²) in [6, 6.07) is 6.02. The number of carbonyl (C=O) groups excluding carboxylic acids is 1. The smallest absolute Gasteiger partial charge is 0.251 e. The highest BCUT2D eigenvalue weighted by atomic mass is 79.9. The van der Waals surface area contributed by atoms with Crippen molar-refractivity contribution >= 4 is 37.8 Å². The lowest BCUT2D eigenvalue weighted by molar-refractivity contribution is 0.0929. The molecule has 1 N–H and O–H groups in total. The Balaban J connectivity index is 2.07. The molecule has 2 rings (SSSR count). The van der Waals surface area contributed by atoms with Crippen molar-refractivity contribution in [1.82, 2.24) is 5.32 Å². The minimum atomic E-state index is 0.0383. The molecule has 1 aromatic rings. The number of aryl methyl sites for hydroxylation is 1. The van der Waals surface area contributed by atoms with E-state index in [1.807, 2.05) is 25.1 Å². The second kappa shape index (κ2) is 6.20. The molecule has 0 radical (unpaired) electrons. The molecule has 0 bridgehead atoms. The first-order chi connectivity index (χ1) is 8.58. The lowest BCUT2D eigenvalue weighted by Gasteiger charge is -2.28. The van der Waals surface area contributed by atoms with E-state index >= 15 is 0 Å². The van der Waals surface area contributed by atoms with Crippen molar-refractivity contribution < 1.29 is 4.79 Å². The Morgan fingerprint density at radius 3 is 2.72 bits per heavy atom. The summed E-state index contributed by atoms with van der Waals surface area (Å²) in [7, 11) is 0. The summed E-state index contributed by atoms with van der Waals surface area (Å²) >= 11 is 7.08. The second-order valence-corrected chi connectivity index (χ2v) is 6.93. The quantitative estimate of drug-likeness (QED) is 0.772. The molecule has 1 amide bonds. The maximum absolute atomic E-state index is 12.2. The van der Waals surface area contributed by atoms with Gasteiger partial charge in [0.15, 0.2) is 0 Å². The third-order valence-electron chi connectivity index (χ3n) is 3.43. The fourth-order valence-electron chi connectivity index (χ4n) is 2.38. The monoisotopic (exact) mass is 373 g/mol. The Hall–Kier alpha value is -0.350. The fourth-order valence-corrected chi connectivity index (χ4v) is 3.57. The first-order valence-electron chi connectivity index (χ1n) is 6.29. The van der Waals surface area contributed by atoms with Crippen LogP contribution in [0.25, 0.3) is 0 Å².